The molecular formula is C13H20O5. The van der Waals surface area contributed by atoms with E-state index in [1.165, 1.54) is 0 Å². The monoisotopic (exact) mass is 256 g/mol. The Bertz CT molecular complexity index is 273. The molecule has 0 radical (unpaired) electrons. The van der Waals surface area contributed by atoms with Gasteiger partial charge >= 0.3 is 6.16 Å². The Hall–Kier alpha value is -1.69. The van der Waals surface area contributed by atoms with Gasteiger partial charge in [0.05, 0.1) is 0 Å². The zero-order valence-electron chi connectivity index (χ0n) is 10.9. The van der Waals surface area contributed by atoms with Crippen molar-refractivity contribution in [2.75, 3.05) is 13.2 Å². The molecule has 0 aliphatic carbocycles. The molecule has 0 saturated carbocycles. The van der Waals surface area contributed by atoms with Crippen LogP contribution in [0.5, 0.6) is 0 Å². The highest BCUT2D eigenvalue weighted by Gasteiger charge is 1.97. The van der Waals surface area contributed by atoms with Crippen LogP contribution in [-0.2, 0) is 9.47 Å². The molecule has 0 aromatic rings. The Morgan fingerprint density at radius 3 is 1.61 bits per heavy atom. The summed E-state index contributed by atoms with van der Waals surface area (Å²) in [6, 6.07) is 0. The molecule has 0 fully saturated rings. The molecule has 0 aromatic carbocycles. The summed E-state index contributed by atoms with van der Waals surface area (Å²) >= 11 is 0. The Balaban J connectivity index is 0. The van der Waals surface area contributed by atoms with Gasteiger partial charge in [-0.05, 0) is 12.8 Å². The number of ether oxygens (including phenoxy) is 2. The van der Waals surface area contributed by atoms with Gasteiger partial charge < -0.3 is 19.7 Å². The molecule has 0 amide bonds. The Morgan fingerprint density at radius 2 is 1.33 bits per heavy atom. The number of aliphatic hydroxyl groups excluding tert-OH is 2. The van der Waals surface area contributed by atoms with Crippen LogP contribution in [0.1, 0.15) is 39.5 Å². The van der Waals surface area contributed by atoms with Crippen LogP contribution >= 0.6 is 0 Å². The molecule has 2 N–H and O–H groups in total. The van der Waals surface area contributed by atoms with Gasteiger partial charge in [-0.2, -0.15) is 0 Å². The number of carbonyl (C=O) groups excluding carboxylic acids is 1. The van der Waals surface area contributed by atoms with Crippen LogP contribution in [0.2, 0.25) is 0 Å². The molecule has 5 heteroatoms. The largest absolute Gasteiger partial charge is 0.537 e. The van der Waals surface area contributed by atoms with E-state index >= 15 is 0 Å². The molecule has 0 aliphatic heterocycles. The van der Waals surface area contributed by atoms with Crippen LogP contribution < -0.4 is 0 Å². The summed E-state index contributed by atoms with van der Waals surface area (Å²) in [6.45, 7) is 4.08. The molecule has 0 heterocycles. The standard InChI is InChI=1S/C9H10O3.C4H10O2/c1-3-5-7-11-9(10)12-8-6-4-2;5-3-1-2-4-6/h3-4H2,1-2H3;5-6H,1-4H2. The fourth-order valence-electron chi connectivity index (χ4n) is 0.544. The number of hydrogen-bond acceptors (Lipinski definition) is 5. The minimum absolute atomic E-state index is 0.195. The highest BCUT2D eigenvalue weighted by molar-refractivity contribution is 5.62. The summed E-state index contributed by atoms with van der Waals surface area (Å²) < 4.78 is 8.61. The molecule has 0 aromatic heterocycles. The average Bonchev–Trinajstić information content (AvgIpc) is 2.38. The van der Waals surface area contributed by atoms with Gasteiger partial charge in [0.1, 0.15) is 12.2 Å². The molecule has 0 unspecified atom stereocenters. The van der Waals surface area contributed by atoms with Gasteiger partial charge in [0.2, 0.25) is 0 Å². The maximum Gasteiger partial charge on any atom is 0.537 e. The van der Waals surface area contributed by atoms with Crippen molar-refractivity contribution in [2.24, 2.45) is 0 Å². The smallest absolute Gasteiger partial charge is 0.396 e. The second kappa shape index (κ2) is 17.7. The van der Waals surface area contributed by atoms with Crippen LogP contribution in [0.4, 0.5) is 4.79 Å². The fraction of sp³-hybridized carbons (Fsp3) is 0.615. The third-order valence-electron chi connectivity index (χ3n) is 1.33. The second-order valence-corrected chi connectivity index (χ2v) is 2.87. The first-order valence-corrected chi connectivity index (χ1v) is 5.77. The van der Waals surface area contributed by atoms with Crippen molar-refractivity contribution in [3.63, 3.8) is 0 Å². The molecule has 0 atom stereocenters. The SMILES string of the molecule is CCC#COC(=O)OC#CCC.OCCCCO. The maximum absolute atomic E-state index is 10.5. The summed E-state index contributed by atoms with van der Waals surface area (Å²) in [4.78, 5) is 10.5. The van der Waals surface area contributed by atoms with Gasteiger partial charge in [-0.3, -0.25) is 0 Å². The second-order valence-electron chi connectivity index (χ2n) is 2.87. The van der Waals surface area contributed by atoms with Crippen LogP contribution in [0.15, 0.2) is 0 Å². The van der Waals surface area contributed by atoms with Crippen molar-refractivity contribution >= 4 is 6.16 Å². The third kappa shape index (κ3) is 19.8. The molecule has 0 rings (SSSR count). The quantitative estimate of drug-likeness (QED) is 0.456. The predicted molar refractivity (Wildman–Crippen MR) is 67.1 cm³/mol. The molecule has 0 aliphatic rings. The normalized spacial score (nSPS) is 7.56. The van der Waals surface area contributed by atoms with E-state index in [1.807, 2.05) is 13.8 Å². The lowest BCUT2D eigenvalue weighted by molar-refractivity contribution is 0.132. The topological polar surface area (TPSA) is 76.0 Å². The van der Waals surface area contributed by atoms with E-state index in [4.69, 9.17) is 10.2 Å². The van der Waals surface area contributed by atoms with Crippen LogP contribution in [0, 0.1) is 24.1 Å². The molecule has 0 saturated heterocycles. The molecule has 0 spiro atoms. The van der Waals surface area contributed by atoms with E-state index in [1.54, 1.807) is 0 Å². The minimum Gasteiger partial charge on any atom is -0.396 e. The van der Waals surface area contributed by atoms with Gasteiger partial charge in [0, 0.05) is 26.1 Å². The average molecular weight is 256 g/mol. The highest BCUT2D eigenvalue weighted by Crippen LogP contribution is 1.82. The predicted octanol–water partition coefficient (Wildman–Crippen LogP) is 1.63. The fourth-order valence-corrected chi connectivity index (χ4v) is 0.544. The molecule has 5 nitrogen and oxygen atoms in total. The molecule has 0 bridgehead atoms. The van der Waals surface area contributed by atoms with E-state index in [0.717, 1.165) is 12.8 Å². The lowest BCUT2D eigenvalue weighted by atomic mass is 10.3. The molecular weight excluding hydrogens is 236 g/mol. The van der Waals surface area contributed by atoms with Crippen LogP contribution in [-0.4, -0.2) is 29.6 Å². The Morgan fingerprint density at radius 1 is 0.944 bits per heavy atom. The summed E-state index contributed by atoms with van der Waals surface area (Å²) in [5.41, 5.74) is 0. The number of unbranched alkanes of at least 4 members (excludes halogenated alkanes) is 1. The van der Waals surface area contributed by atoms with Gasteiger partial charge in [-0.1, -0.05) is 25.7 Å². The Labute approximate surface area is 108 Å². The lowest BCUT2D eigenvalue weighted by Gasteiger charge is -1.88. The van der Waals surface area contributed by atoms with E-state index in [9.17, 15) is 4.79 Å². The molecule has 18 heavy (non-hydrogen) atoms. The van der Waals surface area contributed by atoms with E-state index in [-0.39, 0.29) is 13.2 Å². The van der Waals surface area contributed by atoms with Gasteiger partial charge in [0.15, 0.2) is 0 Å². The van der Waals surface area contributed by atoms with Gasteiger partial charge in [0.25, 0.3) is 0 Å². The van der Waals surface area contributed by atoms with Crippen molar-refractivity contribution < 1.29 is 24.5 Å². The summed E-state index contributed by atoms with van der Waals surface area (Å²) in [5.74, 6) is 5.10. The first kappa shape index (κ1) is 18.7. The van der Waals surface area contributed by atoms with Crippen molar-refractivity contribution in [1.82, 2.24) is 0 Å². The lowest BCUT2D eigenvalue weighted by Crippen LogP contribution is -1.98. The van der Waals surface area contributed by atoms with E-state index in [0.29, 0.717) is 12.8 Å². The summed E-state index contributed by atoms with van der Waals surface area (Å²) in [6.07, 6.45) is 6.16. The Kier molecular flexibility index (Phi) is 18.4. The van der Waals surface area contributed by atoms with Gasteiger partial charge in [-0.25, -0.2) is 4.79 Å². The van der Waals surface area contributed by atoms with E-state index < -0.39 is 6.16 Å². The molecule has 102 valence electrons. The van der Waals surface area contributed by atoms with Crippen molar-refractivity contribution in [3.8, 4) is 24.1 Å². The first-order chi connectivity index (χ1) is 8.72. The number of rotatable bonds is 3. The summed E-state index contributed by atoms with van der Waals surface area (Å²) in [7, 11) is 0. The van der Waals surface area contributed by atoms with Crippen molar-refractivity contribution in [3.05, 3.63) is 0 Å². The number of hydrogen-bond donors (Lipinski definition) is 2. The summed E-state index contributed by atoms with van der Waals surface area (Å²) in [5, 5.41) is 16.2. The van der Waals surface area contributed by atoms with Crippen LogP contribution in [0.25, 0.3) is 0 Å². The maximum atomic E-state index is 10.5. The van der Waals surface area contributed by atoms with Crippen LogP contribution in [0.3, 0.4) is 0 Å². The van der Waals surface area contributed by atoms with Crippen molar-refractivity contribution in [2.45, 2.75) is 39.5 Å². The minimum atomic E-state index is -0.878. The highest BCUT2D eigenvalue weighted by atomic mass is 16.7. The zero-order chi connectivity index (χ0) is 14.1. The number of carbonyl (C=O) groups is 1. The number of aliphatic hydroxyl groups is 2. The van der Waals surface area contributed by atoms with Gasteiger partial charge in [-0.15, -0.1) is 0 Å². The zero-order valence-corrected chi connectivity index (χ0v) is 10.9. The van der Waals surface area contributed by atoms with E-state index in [2.05, 4.69) is 33.5 Å². The third-order valence-corrected chi connectivity index (χ3v) is 1.33. The van der Waals surface area contributed by atoms with Crippen molar-refractivity contribution in [1.29, 1.82) is 0 Å². The first-order valence-electron chi connectivity index (χ1n) is 5.77.